The fraction of sp³-hybridized carbons (Fsp3) is 0.778. The van der Waals surface area contributed by atoms with Crippen LogP contribution in [0.25, 0.3) is 0 Å². The van der Waals surface area contributed by atoms with E-state index in [4.69, 9.17) is 9.79 Å². The van der Waals surface area contributed by atoms with Gasteiger partial charge >= 0.3 is 32.5 Å². The highest BCUT2D eigenvalue weighted by Crippen LogP contribution is 2.60. The van der Waals surface area contributed by atoms with Crippen molar-refractivity contribution in [2.24, 2.45) is 11.8 Å². The summed E-state index contributed by atoms with van der Waals surface area (Å²) in [6, 6.07) is 0. The predicted molar refractivity (Wildman–Crippen MR) is 55.9 cm³/mol. The lowest BCUT2D eigenvalue weighted by molar-refractivity contribution is -0.371. The summed E-state index contributed by atoms with van der Waals surface area (Å²) in [5.74, 6) is -11.6. The molecular weight excluding hydrogens is 431 g/mol. The van der Waals surface area contributed by atoms with Gasteiger partial charge in [0.05, 0.1) is 0 Å². The van der Waals surface area contributed by atoms with Gasteiger partial charge in [-0.25, -0.2) is 4.57 Å². The molecule has 2 N–H and O–H groups in total. The first-order valence-electron chi connectivity index (χ1n) is 5.51. The summed E-state index contributed by atoms with van der Waals surface area (Å²) in [5.41, 5.74) is -5.94. The van der Waals surface area contributed by atoms with Gasteiger partial charge in [-0.15, -0.1) is 6.42 Å². The molecule has 0 aromatic heterocycles. The van der Waals surface area contributed by atoms with Crippen molar-refractivity contribution in [3.8, 4) is 12.3 Å². The van der Waals surface area contributed by atoms with E-state index in [1.165, 1.54) is 0 Å². The Kier molecular flexibility index (Phi) is 6.47. The number of hydrogen-bond acceptors (Lipinski definition) is 2. The molecule has 0 saturated heterocycles. The number of hydrogen-bond donors (Lipinski definition) is 2. The Bertz CT molecular complexity index is 528. The molecule has 0 aliphatic carbocycles. The Balaban J connectivity index is 7.23. The molecule has 0 spiro atoms. The van der Waals surface area contributed by atoms with Crippen molar-refractivity contribution < 1.29 is 71.6 Å². The molecule has 0 radical (unpaired) electrons. The molecule has 17 heteroatoms. The van der Waals surface area contributed by atoms with E-state index in [1.54, 1.807) is 0 Å². The Morgan fingerprint density at radius 1 is 0.731 bits per heavy atom. The maximum absolute atomic E-state index is 12.7. The zero-order valence-electron chi connectivity index (χ0n) is 11.4. The number of rotatable bonds is 4. The Labute approximate surface area is 135 Å². The molecule has 0 rings (SSSR count). The van der Waals surface area contributed by atoms with E-state index >= 15 is 0 Å². The van der Waals surface area contributed by atoms with Crippen LogP contribution in [0.3, 0.4) is 0 Å². The average Bonchev–Trinajstić information content (AvgIpc) is 2.16. The van der Waals surface area contributed by atoms with Crippen molar-refractivity contribution in [3.63, 3.8) is 0 Å². The standard InChI is InChI=1S/C9H5F12O4P/c1-2-5(25-26(22,23)24,3(6(10,11)12)7(13,14)15)4(8(16,17)18)9(19,20)21/h1,3-4H,(H2,22,23,24). The summed E-state index contributed by atoms with van der Waals surface area (Å²) in [6.07, 6.45) is -23.8. The number of alkyl halides is 12. The Hall–Kier alpha value is -1.17. The van der Waals surface area contributed by atoms with Crippen LogP contribution in [0.15, 0.2) is 0 Å². The van der Waals surface area contributed by atoms with Gasteiger partial charge in [0.25, 0.3) is 0 Å². The van der Waals surface area contributed by atoms with Crippen LogP contribution < -0.4 is 0 Å². The van der Waals surface area contributed by atoms with Crippen molar-refractivity contribution in [2.75, 3.05) is 0 Å². The lowest BCUT2D eigenvalue weighted by atomic mass is 9.75. The molecule has 0 aliphatic heterocycles. The van der Waals surface area contributed by atoms with Gasteiger partial charge in [-0.2, -0.15) is 52.7 Å². The number of phosphoric ester groups is 1. The lowest BCUT2D eigenvalue weighted by Gasteiger charge is -2.43. The highest BCUT2D eigenvalue weighted by molar-refractivity contribution is 7.46. The highest BCUT2D eigenvalue weighted by atomic mass is 31.2. The summed E-state index contributed by atoms with van der Waals surface area (Å²) < 4.78 is 166. The van der Waals surface area contributed by atoms with Crippen LogP contribution in [0.2, 0.25) is 0 Å². The molecule has 154 valence electrons. The molecule has 0 unspecified atom stereocenters. The second kappa shape index (κ2) is 6.77. The van der Waals surface area contributed by atoms with Crippen LogP contribution in [-0.4, -0.2) is 40.1 Å². The minimum Gasteiger partial charge on any atom is -0.303 e. The Morgan fingerprint density at radius 3 is 1.08 bits per heavy atom. The van der Waals surface area contributed by atoms with Crippen molar-refractivity contribution in [3.05, 3.63) is 0 Å². The van der Waals surface area contributed by atoms with Crippen LogP contribution in [-0.2, 0) is 9.09 Å². The normalized spacial score (nSPS) is 15.5. The molecule has 26 heavy (non-hydrogen) atoms. The van der Waals surface area contributed by atoms with Gasteiger partial charge in [0, 0.05) is 0 Å². The fourth-order valence-corrected chi connectivity index (χ4v) is 2.66. The average molecular weight is 436 g/mol. The molecular formula is C9H5F12O4P. The minimum atomic E-state index is -6.96. The van der Waals surface area contributed by atoms with Crippen LogP contribution in [0.5, 0.6) is 0 Å². The quantitative estimate of drug-likeness (QED) is 0.398. The predicted octanol–water partition coefficient (Wildman–Crippen LogP) is 3.95. The molecule has 0 saturated carbocycles. The molecule has 0 bridgehead atoms. The molecule has 0 aromatic carbocycles. The first-order chi connectivity index (χ1) is 11.0. The second-order valence-corrected chi connectivity index (χ2v) is 5.72. The van der Waals surface area contributed by atoms with E-state index in [1.807, 2.05) is 0 Å². The lowest BCUT2D eigenvalue weighted by Crippen LogP contribution is -2.64. The van der Waals surface area contributed by atoms with Gasteiger partial charge in [0.2, 0.25) is 0 Å². The first kappa shape index (κ1) is 24.8. The van der Waals surface area contributed by atoms with Crippen molar-refractivity contribution in [1.29, 1.82) is 0 Å². The van der Waals surface area contributed by atoms with E-state index in [0.717, 1.165) is 0 Å². The third-order valence-corrected chi connectivity index (χ3v) is 3.20. The van der Waals surface area contributed by atoms with Crippen LogP contribution in [0.1, 0.15) is 0 Å². The van der Waals surface area contributed by atoms with Gasteiger partial charge < -0.3 is 9.79 Å². The number of terminal acetylenes is 1. The van der Waals surface area contributed by atoms with Gasteiger partial charge in [0.1, 0.15) is 0 Å². The van der Waals surface area contributed by atoms with Gasteiger partial charge in [-0.1, -0.05) is 5.92 Å². The fourth-order valence-electron chi connectivity index (χ4n) is 2.01. The maximum Gasteiger partial charge on any atom is 0.471 e. The van der Waals surface area contributed by atoms with E-state index in [2.05, 4.69) is 10.9 Å². The highest BCUT2D eigenvalue weighted by Gasteiger charge is 2.79. The molecule has 0 fully saturated rings. The van der Waals surface area contributed by atoms with Crippen molar-refractivity contribution in [2.45, 2.75) is 30.3 Å². The zero-order chi connectivity index (χ0) is 21.6. The van der Waals surface area contributed by atoms with Crippen LogP contribution in [0.4, 0.5) is 52.7 Å². The Morgan fingerprint density at radius 2 is 0.962 bits per heavy atom. The van der Waals surface area contributed by atoms with Gasteiger partial charge in [0.15, 0.2) is 17.4 Å². The SMILES string of the molecule is C#CC(OP(=O)(O)O)(C(C(F)(F)F)C(F)(F)F)C(C(F)(F)F)C(F)(F)F. The minimum absolute atomic E-state index is 0.0959. The number of phosphoric acid groups is 1. The number of halogens is 12. The molecule has 0 aromatic rings. The summed E-state index contributed by atoms with van der Waals surface area (Å²) in [5, 5.41) is 0. The second-order valence-electron chi connectivity index (χ2n) is 4.55. The third kappa shape index (κ3) is 5.66. The maximum atomic E-state index is 12.7. The largest absolute Gasteiger partial charge is 0.471 e. The molecule has 0 heterocycles. The monoisotopic (exact) mass is 436 g/mol. The molecule has 0 atom stereocenters. The summed E-state index contributed by atoms with van der Waals surface area (Å²) >= 11 is 0. The topological polar surface area (TPSA) is 66.8 Å². The van der Waals surface area contributed by atoms with E-state index in [0.29, 0.717) is 0 Å². The van der Waals surface area contributed by atoms with Gasteiger partial charge in [-0.05, 0) is 0 Å². The van der Waals surface area contributed by atoms with Crippen LogP contribution in [0, 0.1) is 24.2 Å². The van der Waals surface area contributed by atoms with E-state index < -0.39 is 50.0 Å². The summed E-state index contributed by atoms with van der Waals surface area (Å²) in [6.45, 7) is 0. The third-order valence-electron chi connectivity index (χ3n) is 2.66. The van der Waals surface area contributed by atoms with E-state index in [-0.39, 0.29) is 5.92 Å². The summed E-state index contributed by atoms with van der Waals surface area (Å²) in [7, 11) is -6.83. The van der Waals surface area contributed by atoms with Crippen LogP contribution >= 0.6 is 7.82 Å². The van der Waals surface area contributed by atoms with Gasteiger partial charge in [-0.3, -0.25) is 4.52 Å². The summed E-state index contributed by atoms with van der Waals surface area (Å²) in [4.78, 5) is 16.7. The first-order valence-corrected chi connectivity index (χ1v) is 7.04. The molecule has 0 amide bonds. The molecule has 0 aliphatic rings. The van der Waals surface area contributed by atoms with E-state index in [9.17, 15) is 57.3 Å². The zero-order valence-corrected chi connectivity index (χ0v) is 12.3. The van der Waals surface area contributed by atoms with Crippen molar-refractivity contribution in [1.82, 2.24) is 0 Å². The smallest absolute Gasteiger partial charge is 0.303 e. The van der Waals surface area contributed by atoms with Crippen molar-refractivity contribution >= 4 is 7.82 Å². The molecule has 4 nitrogen and oxygen atoms in total.